The third-order valence-corrected chi connectivity index (χ3v) is 5.64. The summed E-state index contributed by atoms with van der Waals surface area (Å²) in [4.78, 5) is 10.9. The lowest BCUT2D eigenvalue weighted by atomic mass is 9.92. The summed E-state index contributed by atoms with van der Waals surface area (Å²) >= 11 is 0. The van der Waals surface area contributed by atoms with Crippen LogP contribution in [0.4, 0.5) is 17.6 Å². The first-order valence-electron chi connectivity index (χ1n) is 10.5. The van der Waals surface area contributed by atoms with E-state index >= 15 is 0 Å². The van der Waals surface area contributed by atoms with Crippen LogP contribution in [0.5, 0.6) is 5.75 Å². The Bertz CT molecular complexity index is 999. The number of benzene rings is 2. The number of allylic oxidation sites excluding steroid dienone is 1. The van der Waals surface area contributed by atoms with E-state index in [9.17, 15) is 22.4 Å². The topological polar surface area (TPSA) is 46.5 Å². The zero-order valence-corrected chi connectivity index (χ0v) is 18.1. The van der Waals surface area contributed by atoms with Crippen molar-refractivity contribution >= 4 is 11.5 Å². The molecule has 0 saturated carbocycles. The number of hydrogen-bond donors (Lipinski definition) is 1. The number of rotatable bonds is 8. The zero-order chi connectivity index (χ0) is 23.5. The highest BCUT2D eigenvalue weighted by atomic mass is 19.4. The second-order valence-electron chi connectivity index (χ2n) is 8.48. The quantitative estimate of drug-likeness (QED) is 0.443. The largest absolute Gasteiger partial charge is 0.489 e. The molecule has 1 aliphatic rings. The first-order chi connectivity index (χ1) is 14.9. The maximum atomic E-state index is 14.7. The van der Waals surface area contributed by atoms with Crippen molar-refractivity contribution in [2.75, 3.05) is 6.61 Å². The smallest absolute Gasteiger partial charge is 0.416 e. The van der Waals surface area contributed by atoms with Crippen LogP contribution in [0.2, 0.25) is 0 Å². The summed E-state index contributed by atoms with van der Waals surface area (Å²) in [6.07, 6.45) is -1.79. The van der Waals surface area contributed by atoms with Crippen molar-refractivity contribution in [2.24, 2.45) is 0 Å². The minimum atomic E-state index is -4.37. The fourth-order valence-corrected chi connectivity index (χ4v) is 4.00. The maximum absolute atomic E-state index is 14.7. The highest BCUT2D eigenvalue weighted by molar-refractivity contribution is 5.71. The maximum Gasteiger partial charge on any atom is 0.416 e. The van der Waals surface area contributed by atoms with E-state index in [0.717, 1.165) is 48.1 Å². The van der Waals surface area contributed by atoms with Crippen molar-refractivity contribution in [1.82, 2.24) is 0 Å². The van der Waals surface area contributed by atoms with E-state index in [1.165, 1.54) is 26.0 Å². The Kier molecular flexibility index (Phi) is 6.96. The van der Waals surface area contributed by atoms with Crippen LogP contribution >= 0.6 is 0 Å². The summed E-state index contributed by atoms with van der Waals surface area (Å²) < 4.78 is 59.1. The lowest BCUT2D eigenvalue weighted by Gasteiger charge is -2.20. The lowest BCUT2D eigenvalue weighted by Crippen LogP contribution is -2.14. The van der Waals surface area contributed by atoms with E-state index in [1.807, 2.05) is 0 Å². The summed E-state index contributed by atoms with van der Waals surface area (Å²) in [5.41, 5.74) is 1.43. The van der Waals surface area contributed by atoms with E-state index in [1.54, 1.807) is 18.2 Å². The van der Waals surface area contributed by atoms with Gasteiger partial charge in [0.1, 0.15) is 18.0 Å². The van der Waals surface area contributed by atoms with Crippen LogP contribution in [0.1, 0.15) is 61.8 Å². The number of alkyl halides is 4. The van der Waals surface area contributed by atoms with Gasteiger partial charge in [-0.25, -0.2) is 4.39 Å². The molecule has 1 aliphatic carbocycles. The molecule has 1 N–H and O–H groups in total. The number of aliphatic carboxylic acids is 1. The Hall–Kier alpha value is -2.83. The summed E-state index contributed by atoms with van der Waals surface area (Å²) in [5, 5.41) is 8.92. The van der Waals surface area contributed by atoms with Gasteiger partial charge in [-0.15, -0.1) is 0 Å². The molecule has 0 unspecified atom stereocenters. The van der Waals surface area contributed by atoms with Crippen molar-refractivity contribution in [1.29, 1.82) is 0 Å². The molecule has 0 aliphatic heterocycles. The monoisotopic (exact) mass is 450 g/mol. The zero-order valence-electron chi connectivity index (χ0n) is 18.1. The number of halogens is 4. The number of carboxylic acids is 1. The average Bonchev–Trinajstić information content (AvgIpc) is 3.18. The van der Waals surface area contributed by atoms with Gasteiger partial charge in [0.25, 0.3) is 0 Å². The van der Waals surface area contributed by atoms with Gasteiger partial charge in [0.2, 0.25) is 0 Å². The Morgan fingerprint density at radius 1 is 1.03 bits per heavy atom. The molecular weight excluding hydrogens is 424 g/mol. The van der Waals surface area contributed by atoms with Crippen LogP contribution in [0, 0.1) is 0 Å². The molecule has 0 aromatic heterocycles. The van der Waals surface area contributed by atoms with Gasteiger partial charge in [0.15, 0.2) is 0 Å². The van der Waals surface area contributed by atoms with Crippen molar-refractivity contribution < 1.29 is 32.2 Å². The van der Waals surface area contributed by atoms with Crippen LogP contribution in [-0.2, 0) is 23.1 Å². The third kappa shape index (κ3) is 5.90. The predicted octanol–water partition coefficient (Wildman–Crippen LogP) is 6.94. The molecule has 0 spiro atoms. The molecule has 0 amide bonds. The lowest BCUT2D eigenvalue weighted by molar-refractivity contribution is -0.138. The number of hydrogen-bond acceptors (Lipinski definition) is 2. The summed E-state index contributed by atoms with van der Waals surface area (Å²) in [5.74, 6) is -0.479. The minimum Gasteiger partial charge on any atom is -0.489 e. The predicted molar refractivity (Wildman–Crippen MR) is 114 cm³/mol. The Labute approximate surface area is 184 Å². The van der Waals surface area contributed by atoms with Gasteiger partial charge in [-0.1, -0.05) is 18.2 Å². The molecule has 2 aromatic rings. The molecule has 0 atom stereocenters. The van der Waals surface area contributed by atoms with Crippen LogP contribution in [-0.4, -0.2) is 17.7 Å². The highest BCUT2D eigenvalue weighted by Gasteiger charge is 2.30. The third-order valence-electron chi connectivity index (χ3n) is 5.64. The fourth-order valence-electron chi connectivity index (χ4n) is 4.00. The number of aryl methyl sites for hydroxylation is 1. The molecule has 0 radical (unpaired) electrons. The van der Waals surface area contributed by atoms with Crippen LogP contribution in [0.15, 0.2) is 48.0 Å². The Balaban J connectivity index is 1.78. The van der Waals surface area contributed by atoms with E-state index in [4.69, 9.17) is 9.84 Å². The van der Waals surface area contributed by atoms with Crippen LogP contribution in [0.3, 0.4) is 0 Å². The molecule has 0 bridgehead atoms. The molecule has 2 aromatic carbocycles. The molecule has 0 saturated heterocycles. The standard InChI is InChI=1S/C25H26F4O3/c1-24(2,26)22-14-20(12-8-17(22)9-13-23(30)31)32-15-18-4-3-5-21(18)16-6-10-19(11-7-16)25(27,28)29/h6-8,10-12,14H,3-5,9,13,15H2,1-2H3,(H,30,31). The van der Waals surface area contributed by atoms with Gasteiger partial charge < -0.3 is 9.84 Å². The van der Waals surface area contributed by atoms with Gasteiger partial charge in [0, 0.05) is 6.42 Å². The molecule has 172 valence electrons. The minimum absolute atomic E-state index is 0.0906. The molecule has 7 heteroatoms. The molecular formula is C25H26F4O3. The summed E-state index contributed by atoms with van der Waals surface area (Å²) in [6.45, 7) is 3.09. The normalized spacial score (nSPS) is 14.7. The van der Waals surface area contributed by atoms with Crippen molar-refractivity contribution in [3.05, 3.63) is 70.3 Å². The van der Waals surface area contributed by atoms with Crippen LogP contribution in [0.25, 0.3) is 5.57 Å². The average molecular weight is 450 g/mol. The molecule has 0 fully saturated rings. The molecule has 0 heterocycles. The van der Waals surface area contributed by atoms with Crippen LogP contribution < -0.4 is 4.74 Å². The molecule has 32 heavy (non-hydrogen) atoms. The summed E-state index contributed by atoms with van der Waals surface area (Å²) in [7, 11) is 0. The fraction of sp³-hybridized carbons (Fsp3) is 0.400. The van der Waals surface area contributed by atoms with E-state index in [0.29, 0.717) is 16.9 Å². The van der Waals surface area contributed by atoms with Gasteiger partial charge in [0.05, 0.1) is 5.56 Å². The second-order valence-corrected chi connectivity index (χ2v) is 8.48. The van der Waals surface area contributed by atoms with Crippen molar-refractivity contribution in [2.45, 2.75) is 57.8 Å². The summed E-state index contributed by atoms with van der Waals surface area (Å²) in [6, 6.07) is 10.1. The Morgan fingerprint density at radius 3 is 2.31 bits per heavy atom. The van der Waals surface area contributed by atoms with Gasteiger partial charge in [-0.2, -0.15) is 13.2 Å². The van der Waals surface area contributed by atoms with Crippen molar-refractivity contribution in [3.8, 4) is 5.75 Å². The van der Waals surface area contributed by atoms with Gasteiger partial charge in [-0.05, 0) is 91.6 Å². The second kappa shape index (κ2) is 9.35. The van der Waals surface area contributed by atoms with E-state index in [2.05, 4.69) is 0 Å². The van der Waals surface area contributed by atoms with Gasteiger partial charge >= 0.3 is 12.1 Å². The number of ether oxygens (including phenoxy) is 1. The first kappa shape index (κ1) is 23.8. The molecule has 3 nitrogen and oxygen atoms in total. The molecule has 3 rings (SSSR count). The first-order valence-corrected chi connectivity index (χ1v) is 10.5. The van der Waals surface area contributed by atoms with E-state index < -0.39 is 23.4 Å². The van der Waals surface area contributed by atoms with Crippen molar-refractivity contribution in [3.63, 3.8) is 0 Å². The van der Waals surface area contributed by atoms with E-state index in [-0.39, 0.29) is 19.4 Å². The number of carboxylic acid groups (broad SMARTS) is 1. The highest BCUT2D eigenvalue weighted by Crippen LogP contribution is 2.37. The van der Waals surface area contributed by atoms with Gasteiger partial charge in [-0.3, -0.25) is 4.79 Å². The number of carbonyl (C=O) groups is 1. The Morgan fingerprint density at radius 2 is 1.72 bits per heavy atom. The SMILES string of the molecule is CC(C)(F)c1cc(OCC2=C(c3ccc(C(F)(F)F)cc3)CCC2)ccc1CCC(=O)O.